The zero-order chi connectivity index (χ0) is 13.1. The van der Waals surface area contributed by atoms with Crippen LogP contribution in [0.5, 0.6) is 5.75 Å². The van der Waals surface area contributed by atoms with Gasteiger partial charge in [0.1, 0.15) is 5.75 Å². The van der Waals surface area contributed by atoms with E-state index >= 15 is 0 Å². The number of hydrogen-bond acceptors (Lipinski definition) is 1. The van der Waals surface area contributed by atoms with Crippen molar-refractivity contribution in [3.8, 4) is 5.75 Å². The molecule has 92 valence electrons. The van der Waals surface area contributed by atoms with Gasteiger partial charge in [0, 0.05) is 18.2 Å². The van der Waals surface area contributed by atoms with Crippen LogP contribution in [0.25, 0.3) is 17.7 Å². The van der Waals surface area contributed by atoms with Crippen molar-refractivity contribution < 1.29 is 9.51 Å². The molecule has 0 bridgehead atoms. The second-order valence-electron chi connectivity index (χ2n) is 4.35. The first-order valence-electron chi connectivity index (χ1n) is 6.20. The Morgan fingerprint density at radius 3 is 2.42 bits per heavy atom. The molecule has 3 rings (SSSR count). The van der Waals surface area contributed by atoms with E-state index in [0.717, 1.165) is 16.6 Å². The Hall–Kier alpha value is -2.61. The van der Waals surface area contributed by atoms with Gasteiger partial charge in [-0.15, -0.1) is 0 Å². The highest BCUT2D eigenvalue weighted by molar-refractivity contribution is 5.79. The summed E-state index contributed by atoms with van der Waals surface area (Å²) in [6, 6.07) is 17.7. The maximum atomic E-state index is 10.0. The molecule has 0 aliphatic carbocycles. The quantitative estimate of drug-likeness (QED) is 0.691. The van der Waals surface area contributed by atoms with Crippen molar-refractivity contribution in [2.45, 2.75) is 0 Å². The summed E-state index contributed by atoms with van der Waals surface area (Å²) in [6.07, 6.45) is 7.77. The molecule has 0 saturated heterocycles. The summed E-state index contributed by atoms with van der Waals surface area (Å²) in [6.45, 7) is 0. The summed E-state index contributed by atoms with van der Waals surface area (Å²) in [5.41, 5.74) is 2.92. The molecular weight excluding hydrogens is 234 g/mol. The predicted molar refractivity (Wildman–Crippen MR) is 76.6 cm³/mol. The topological polar surface area (TPSA) is 24.3 Å². The minimum absolute atomic E-state index is 0.290. The van der Waals surface area contributed by atoms with Gasteiger partial charge >= 0.3 is 0 Å². The van der Waals surface area contributed by atoms with Crippen LogP contribution < -0.4 is 4.40 Å². The fourth-order valence-electron chi connectivity index (χ4n) is 2.10. The van der Waals surface area contributed by atoms with Crippen LogP contribution in [0, 0.1) is 0 Å². The lowest BCUT2D eigenvalue weighted by molar-refractivity contribution is -0.512. The number of hydrogen-bond donors (Lipinski definition) is 1. The van der Waals surface area contributed by atoms with Crippen molar-refractivity contribution in [1.29, 1.82) is 0 Å². The lowest BCUT2D eigenvalue weighted by atomic mass is 10.1. The third kappa shape index (κ3) is 2.33. The highest BCUT2D eigenvalue weighted by atomic mass is 16.3. The molecule has 19 heavy (non-hydrogen) atoms. The molecule has 2 heterocycles. The molecule has 0 unspecified atom stereocenters. The molecule has 0 aliphatic heterocycles. The van der Waals surface area contributed by atoms with E-state index in [1.807, 2.05) is 77.5 Å². The molecule has 0 aliphatic rings. The maximum absolute atomic E-state index is 10.0. The molecule has 1 aromatic carbocycles. The minimum Gasteiger partial charge on any atom is -0.507 e. The van der Waals surface area contributed by atoms with Gasteiger partial charge in [-0.2, -0.15) is 4.40 Å². The Morgan fingerprint density at radius 2 is 1.58 bits per heavy atom. The average molecular weight is 248 g/mol. The number of pyridine rings is 2. The van der Waals surface area contributed by atoms with E-state index in [4.69, 9.17) is 0 Å². The van der Waals surface area contributed by atoms with Crippen LogP contribution in [0.2, 0.25) is 0 Å². The van der Waals surface area contributed by atoms with Crippen molar-refractivity contribution in [3.63, 3.8) is 0 Å². The van der Waals surface area contributed by atoms with Gasteiger partial charge in [0.25, 0.3) is 0 Å². The number of nitrogens with zero attached hydrogens (tertiary/aromatic N) is 1. The lowest BCUT2D eigenvalue weighted by Crippen LogP contribution is -2.20. The highest BCUT2D eigenvalue weighted by Crippen LogP contribution is 2.21. The molecule has 2 aromatic heterocycles. The van der Waals surface area contributed by atoms with Crippen molar-refractivity contribution >= 4 is 17.7 Å². The van der Waals surface area contributed by atoms with Gasteiger partial charge in [-0.25, -0.2) is 0 Å². The summed E-state index contributed by atoms with van der Waals surface area (Å²) < 4.78 is 1.99. The van der Waals surface area contributed by atoms with Crippen LogP contribution in [0.4, 0.5) is 0 Å². The van der Waals surface area contributed by atoms with E-state index in [9.17, 15) is 5.11 Å². The van der Waals surface area contributed by atoms with Crippen LogP contribution in [0.15, 0.2) is 67.0 Å². The first kappa shape index (κ1) is 11.5. The Labute approximate surface area is 111 Å². The first-order chi connectivity index (χ1) is 9.34. The summed E-state index contributed by atoms with van der Waals surface area (Å²) >= 11 is 0. The minimum atomic E-state index is 0.290. The van der Waals surface area contributed by atoms with E-state index < -0.39 is 0 Å². The number of fused-ring (bicyclic) bond motifs is 1. The number of aromatic hydroxyl groups is 1. The van der Waals surface area contributed by atoms with Crippen LogP contribution in [0.1, 0.15) is 11.1 Å². The van der Waals surface area contributed by atoms with Crippen LogP contribution in [-0.2, 0) is 0 Å². The standard InChI is InChI=1S/C17H13NO/c19-17-11-13-18-12-5-4-8-16(18)15(17)10-9-14-6-2-1-3-7-14/h1-13H/p+1. The summed E-state index contributed by atoms with van der Waals surface area (Å²) in [5.74, 6) is 0.290. The van der Waals surface area contributed by atoms with Crippen molar-refractivity contribution in [2.75, 3.05) is 0 Å². The average Bonchev–Trinajstić information content (AvgIpc) is 2.47. The molecule has 0 radical (unpaired) electrons. The van der Waals surface area contributed by atoms with Gasteiger partial charge in [-0.3, -0.25) is 0 Å². The SMILES string of the molecule is Oc1cc[n+]2ccccc2c1C=Cc1ccccc1. The smallest absolute Gasteiger partial charge is 0.221 e. The zero-order valence-electron chi connectivity index (χ0n) is 10.4. The van der Waals surface area contributed by atoms with Crippen LogP contribution in [0.3, 0.4) is 0 Å². The van der Waals surface area contributed by atoms with E-state index in [-0.39, 0.29) is 0 Å². The Morgan fingerprint density at radius 1 is 0.789 bits per heavy atom. The van der Waals surface area contributed by atoms with Crippen molar-refractivity contribution in [2.24, 2.45) is 0 Å². The largest absolute Gasteiger partial charge is 0.507 e. The Balaban J connectivity index is 2.10. The zero-order valence-corrected chi connectivity index (χ0v) is 10.4. The maximum Gasteiger partial charge on any atom is 0.221 e. The normalized spacial score (nSPS) is 11.2. The summed E-state index contributed by atoms with van der Waals surface area (Å²) in [7, 11) is 0. The molecule has 0 spiro atoms. The van der Waals surface area contributed by atoms with Gasteiger partial charge in [0.2, 0.25) is 5.52 Å². The Bertz CT molecular complexity index is 733. The first-order valence-corrected chi connectivity index (χ1v) is 6.20. The van der Waals surface area contributed by atoms with E-state index in [1.165, 1.54) is 0 Å². The monoisotopic (exact) mass is 248 g/mol. The van der Waals surface area contributed by atoms with Crippen LogP contribution >= 0.6 is 0 Å². The second kappa shape index (κ2) is 4.94. The van der Waals surface area contributed by atoms with E-state index in [2.05, 4.69) is 0 Å². The fraction of sp³-hybridized carbons (Fsp3) is 0. The molecular formula is C17H14NO+. The summed E-state index contributed by atoms with van der Waals surface area (Å²) in [4.78, 5) is 0. The molecule has 0 fully saturated rings. The van der Waals surface area contributed by atoms with Gasteiger partial charge in [-0.05, 0) is 17.7 Å². The second-order valence-corrected chi connectivity index (χ2v) is 4.35. The molecule has 2 nitrogen and oxygen atoms in total. The summed E-state index contributed by atoms with van der Waals surface area (Å²) in [5, 5.41) is 10.0. The third-order valence-electron chi connectivity index (χ3n) is 3.08. The fourth-order valence-corrected chi connectivity index (χ4v) is 2.10. The Kier molecular flexibility index (Phi) is 2.99. The van der Waals surface area contributed by atoms with Gasteiger partial charge in [-0.1, -0.05) is 36.4 Å². The molecule has 0 atom stereocenters. The highest BCUT2D eigenvalue weighted by Gasteiger charge is 2.09. The lowest BCUT2D eigenvalue weighted by Gasteiger charge is -1.99. The molecule has 1 N–H and O–H groups in total. The molecule has 2 heteroatoms. The van der Waals surface area contributed by atoms with Gasteiger partial charge in [0.15, 0.2) is 12.4 Å². The predicted octanol–water partition coefficient (Wildman–Crippen LogP) is 3.30. The van der Waals surface area contributed by atoms with Crippen molar-refractivity contribution in [1.82, 2.24) is 0 Å². The molecule has 0 saturated carbocycles. The molecule has 3 aromatic rings. The molecule has 0 amide bonds. The van der Waals surface area contributed by atoms with Gasteiger partial charge in [0.05, 0.1) is 5.56 Å². The van der Waals surface area contributed by atoms with Crippen molar-refractivity contribution in [3.05, 3.63) is 78.1 Å². The third-order valence-corrected chi connectivity index (χ3v) is 3.08. The van der Waals surface area contributed by atoms with E-state index in [1.54, 1.807) is 6.07 Å². The van der Waals surface area contributed by atoms with E-state index in [0.29, 0.717) is 5.75 Å². The number of benzene rings is 1. The van der Waals surface area contributed by atoms with Crippen LogP contribution in [-0.4, -0.2) is 5.11 Å². The number of aromatic nitrogens is 1. The van der Waals surface area contributed by atoms with Gasteiger partial charge < -0.3 is 5.11 Å². The number of rotatable bonds is 2.